The first-order valence-electron chi connectivity index (χ1n) is 7.61. The van der Waals surface area contributed by atoms with Gasteiger partial charge in [0.2, 0.25) is 0 Å². The summed E-state index contributed by atoms with van der Waals surface area (Å²) in [5, 5.41) is 3.64. The van der Waals surface area contributed by atoms with E-state index in [2.05, 4.69) is 5.32 Å². The van der Waals surface area contributed by atoms with Crippen molar-refractivity contribution in [2.75, 3.05) is 5.75 Å². The molecule has 1 aromatic rings. The Morgan fingerprint density at radius 1 is 1.26 bits per heavy atom. The Kier molecular flexibility index (Phi) is 4.39. The van der Waals surface area contributed by atoms with Crippen LogP contribution in [0.15, 0.2) is 29.7 Å². The van der Waals surface area contributed by atoms with E-state index in [1.807, 2.05) is 0 Å². The van der Waals surface area contributed by atoms with Crippen LogP contribution in [0.2, 0.25) is 0 Å². The summed E-state index contributed by atoms with van der Waals surface area (Å²) in [6.45, 7) is 0. The average Bonchev–Trinajstić information content (AvgIpc) is 3.10. The Labute approximate surface area is 134 Å². The number of carbonyl (C=O) groups is 1. The third kappa shape index (κ3) is 3.90. The van der Waals surface area contributed by atoms with Crippen LogP contribution in [0.3, 0.4) is 0 Å². The van der Waals surface area contributed by atoms with Crippen LogP contribution in [-0.2, 0) is 9.84 Å². The first-order chi connectivity index (χ1) is 10.9. The molecule has 3 rings (SSSR count). The van der Waals surface area contributed by atoms with Crippen LogP contribution in [-0.4, -0.2) is 32.2 Å². The Morgan fingerprint density at radius 2 is 2.00 bits per heavy atom. The standard InChI is InChI=1S/C16H18FNO4S/c17-14-9-11(5-6-15(14)22-13-3-1-2-4-13)16(19)18-12-7-8-23(20,21)10-12/h5-9,12-13H,1-4,10H2,(H,18,19). The van der Waals surface area contributed by atoms with Crippen LogP contribution >= 0.6 is 0 Å². The Bertz CT molecular complexity index is 738. The molecule has 23 heavy (non-hydrogen) atoms. The predicted molar refractivity (Wildman–Crippen MR) is 83.5 cm³/mol. The number of halogens is 1. The molecule has 1 amide bonds. The molecule has 1 aliphatic carbocycles. The summed E-state index contributed by atoms with van der Waals surface area (Å²) in [6.07, 6.45) is 5.48. The van der Waals surface area contributed by atoms with Crippen molar-refractivity contribution in [1.82, 2.24) is 5.32 Å². The van der Waals surface area contributed by atoms with Crippen LogP contribution in [0.5, 0.6) is 5.75 Å². The fourth-order valence-corrected chi connectivity index (χ4v) is 4.08. The van der Waals surface area contributed by atoms with Gasteiger partial charge in [0.25, 0.3) is 5.91 Å². The summed E-state index contributed by atoms with van der Waals surface area (Å²) in [5.74, 6) is -1.11. The highest BCUT2D eigenvalue weighted by atomic mass is 32.2. The van der Waals surface area contributed by atoms with Gasteiger partial charge >= 0.3 is 0 Å². The monoisotopic (exact) mass is 339 g/mol. The molecule has 1 saturated carbocycles. The quantitative estimate of drug-likeness (QED) is 0.913. The minimum absolute atomic E-state index is 0.0398. The SMILES string of the molecule is O=C(NC1C=CS(=O)(=O)C1)c1ccc(OC2CCCC2)c(F)c1. The van der Waals surface area contributed by atoms with Gasteiger partial charge in [-0.2, -0.15) is 0 Å². The van der Waals surface area contributed by atoms with Gasteiger partial charge < -0.3 is 10.1 Å². The number of carbonyl (C=O) groups excluding carboxylic acids is 1. The number of hydrogen-bond acceptors (Lipinski definition) is 4. The lowest BCUT2D eigenvalue weighted by molar-refractivity contribution is 0.0947. The van der Waals surface area contributed by atoms with E-state index in [-0.39, 0.29) is 23.2 Å². The summed E-state index contributed by atoms with van der Waals surface area (Å²) in [6, 6.07) is 3.47. The molecule has 2 aliphatic rings. The predicted octanol–water partition coefficient (Wildman–Crippen LogP) is 2.19. The van der Waals surface area contributed by atoms with E-state index in [0.717, 1.165) is 37.2 Å². The summed E-state index contributed by atoms with van der Waals surface area (Å²) in [4.78, 5) is 12.1. The molecule has 0 spiro atoms. The van der Waals surface area contributed by atoms with Gasteiger partial charge in [-0.15, -0.1) is 0 Å². The molecule has 1 aromatic carbocycles. The van der Waals surface area contributed by atoms with Gasteiger partial charge in [0.1, 0.15) is 0 Å². The van der Waals surface area contributed by atoms with Crippen molar-refractivity contribution in [3.63, 3.8) is 0 Å². The van der Waals surface area contributed by atoms with E-state index in [9.17, 15) is 17.6 Å². The van der Waals surface area contributed by atoms with E-state index in [1.54, 1.807) is 0 Å². The van der Waals surface area contributed by atoms with E-state index in [4.69, 9.17) is 4.74 Å². The van der Waals surface area contributed by atoms with Crippen molar-refractivity contribution < 1.29 is 22.3 Å². The zero-order valence-corrected chi connectivity index (χ0v) is 13.3. The van der Waals surface area contributed by atoms with Crippen molar-refractivity contribution >= 4 is 15.7 Å². The molecule has 124 valence electrons. The maximum absolute atomic E-state index is 14.1. The normalized spacial score (nSPS) is 23.1. The molecule has 1 N–H and O–H groups in total. The number of ether oxygens (including phenoxy) is 1. The third-order valence-corrected chi connectivity index (χ3v) is 5.43. The topological polar surface area (TPSA) is 72.5 Å². The van der Waals surface area contributed by atoms with Gasteiger partial charge in [-0.1, -0.05) is 0 Å². The van der Waals surface area contributed by atoms with Crippen LogP contribution in [0.25, 0.3) is 0 Å². The van der Waals surface area contributed by atoms with Gasteiger partial charge in [0.05, 0.1) is 17.9 Å². The van der Waals surface area contributed by atoms with Crippen LogP contribution < -0.4 is 10.1 Å². The fraction of sp³-hybridized carbons (Fsp3) is 0.438. The molecule has 0 bridgehead atoms. The van der Waals surface area contributed by atoms with Gasteiger partial charge in [-0.25, -0.2) is 12.8 Å². The molecular formula is C16H18FNO4S. The van der Waals surface area contributed by atoms with Gasteiger partial charge in [0, 0.05) is 11.0 Å². The molecule has 1 aliphatic heterocycles. The van der Waals surface area contributed by atoms with E-state index >= 15 is 0 Å². The first kappa shape index (κ1) is 16.0. The Balaban J connectivity index is 1.65. The number of amides is 1. The maximum atomic E-state index is 14.1. The number of rotatable bonds is 4. The molecule has 1 heterocycles. The lowest BCUT2D eigenvalue weighted by Gasteiger charge is -2.15. The zero-order chi connectivity index (χ0) is 16.4. The van der Waals surface area contributed by atoms with Crippen molar-refractivity contribution in [3.05, 3.63) is 41.1 Å². The van der Waals surface area contributed by atoms with E-state index < -0.39 is 27.6 Å². The zero-order valence-electron chi connectivity index (χ0n) is 12.5. The summed E-state index contributed by atoms with van der Waals surface area (Å²) < 4.78 is 42.3. The van der Waals surface area contributed by atoms with Gasteiger partial charge in [-0.05, 0) is 50.0 Å². The number of sulfone groups is 1. The molecule has 1 fully saturated rings. The Morgan fingerprint density at radius 3 is 2.61 bits per heavy atom. The third-order valence-electron chi connectivity index (χ3n) is 4.04. The van der Waals surface area contributed by atoms with Crippen LogP contribution in [0, 0.1) is 5.82 Å². The van der Waals surface area contributed by atoms with Crippen molar-refractivity contribution in [3.8, 4) is 5.75 Å². The molecular weight excluding hydrogens is 321 g/mol. The fourth-order valence-electron chi connectivity index (χ4n) is 2.84. The van der Waals surface area contributed by atoms with E-state index in [0.29, 0.717) is 0 Å². The lowest BCUT2D eigenvalue weighted by atomic mass is 10.1. The molecule has 0 aromatic heterocycles. The largest absolute Gasteiger partial charge is 0.487 e. The number of hydrogen-bond donors (Lipinski definition) is 1. The van der Waals surface area contributed by atoms with Gasteiger partial charge in [0.15, 0.2) is 21.4 Å². The second-order valence-corrected chi connectivity index (χ2v) is 7.84. The molecule has 0 radical (unpaired) electrons. The van der Waals surface area contributed by atoms with Crippen LogP contribution in [0.1, 0.15) is 36.0 Å². The minimum atomic E-state index is -3.24. The molecule has 1 atom stereocenters. The number of benzene rings is 1. The minimum Gasteiger partial charge on any atom is -0.487 e. The van der Waals surface area contributed by atoms with Crippen molar-refractivity contribution in [2.24, 2.45) is 0 Å². The maximum Gasteiger partial charge on any atom is 0.251 e. The van der Waals surface area contributed by atoms with Crippen molar-refractivity contribution in [2.45, 2.75) is 37.8 Å². The van der Waals surface area contributed by atoms with Crippen LogP contribution in [0.4, 0.5) is 4.39 Å². The van der Waals surface area contributed by atoms with E-state index in [1.165, 1.54) is 18.2 Å². The second-order valence-electron chi connectivity index (χ2n) is 5.91. The summed E-state index contributed by atoms with van der Waals surface area (Å²) >= 11 is 0. The molecule has 7 heteroatoms. The molecule has 5 nitrogen and oxygen atoms in total. The number of nitrogens with one attached hydrogen (secondary N) is 1. The van der Waals surface area contributed by atoms with Crippen molar-refractivity contribution in [1.29, 1.82) is 0 Å². The highest BCUT2D eigenvalue weighted by Gasteiger charge is 2.24. The highest BCUT2D eigenvalue weighted by molar-refractivity contribution is 7.94. The molecule has 0 saturated heterocycles. The summed E-state index contributed by atoms with van der Waals surface area (Å²) in [5.41, 5.74) is 0.138. The smallest absolute Gasteiger partial charge is 0.251 e. The average molecular weight is 339 g/mol. The highest BCUT2D eigenvalue weighted by Crippen LogP contribution is 2.26. The lowest BCUT2D eigenvalue weighted by Crippen LogP contribution is -2.35. The Hall–Kier alpha value is -1.89. The van der Waals surface area contributed by atoms with Gasteiger partial charge in [-0.3, -0.25) is 4.79 Å². The summed E-state index contributed by atoms with van der Waals surface area (Å²) in [7, 11) is -3.24. The first-order valence-corrected chi connectivity index (χ1v) is 9.32. The molecule has 1 unspecified atom stereocenters. The second kappa shape index (κ2) is 6.31.